The minimum absolute atomic E-state index is 0.0271. The molecule has 1 N–H and O–H groups in total. The molecule has 3 aliphatic heterocycles. The molecular weight excluding hydrogens is 615 g/mol. The number of Topliss-reactive ketones (excluding diaryl/α,β-unsaturated/α-hetero) is 1. The average molecular weight is 675 g/mol. The minimum Gasteiger partial charge on any atom is -0.371 e. The molecule has 3 heterocycles. The van der Waals surface area contributed by atoms with Gasteiger partial charge < -0.3 is 14.7 Å². The molecule has 0 spiro atoms. The Hall–Kier alpha value is -3.44. The van der Waals surface area contributed by atoms with E-state index in [-0.39, 0.29) is 28.6 Å². The van der Waals surface area contributed by atoms with Gasteiger partial charge in [-0.2, -0.15) is 0 Å². The maximum atomic E-state index is 14.4. The summed E-state index contributed by atoms with van der Waals surface area (Å²) in [5.74, 6) is 0.802. The SMILES string of the molecule is CC[NH+]1C2C=C3C(=C(c4ccccc4C(=O)N(C)CCCC(=O)C(C)C)c4cc5c6c(c4C3(C)C)CCCN6CCC5)C=C2C(C)CC1(C)C. The van der Waals surface area contributed by atoms with E-state index in [1.165, 1.54) is 57.5 Å². The monoisotopic (exact) mass is 674 g/mol. The van der Waals surface area contributed by atoms with Crippen molar-refractivity contribution in [3.05, 3.63) is 92.6 Å². The highest BCUT2D eigenvalue weighted by Gasteiger charge is 2.50. The molecule has 0 saturated carbocycles. The fraction of sp³-hybridized carbons (Fsp3) is 0.556. The number of nitrogens with zero attached hydrogens (tertiary/aromatic N) is 2. The van der Waals surface area contributed by atoms with Crippen molar-refractivity contribution in [3.63, 3.8) is 0 Å². The van der Waals surface area contributed by atoms with Crippen LogP contribution < -0.4 is 9.80 Å². The summed E-state index contributed by atoms with van der Waals surface area (Å²) in [7, 11) is 1.90. The van der Waals surface area contributed by atoms with Gasteiger partial charge in [-0.25, -0.2) is 0 Å². The number of nitrogens with one attached hydrogen (secondary N) is 1. The standard InChI is InChI=1S/C45H59N3O2/c1-10-48-38-26-37-35(25-34(38)29(4)27-44(48,5)6)40(31-17-11-12-18-32(31)43(50)46(9)21-15-20-39(49)28(2)3)36-24-30-16-13-22-47-23-14-19-33(42(30)47)41(36)45(37,7)8/h11-12,17-18,24-26,28-29,38H,10,13-16,19-23,27H2,1-9H3/p+1. The Bertz CT molecular complexity index is 1820. The summed E-state index contributed by atoms with van der Waals surface area (Å²) in [6.07, 6.45) is 12.2. The number of allylic oxidation sites excluding steroid dienone is 3. The molecule has 0 aromatic heterocycles. The van der Waals surface area contributed by atoms with Crippen LogP contribution in [0.5, 0.6) is 0 Å². The van der Waals surface area contributed by atoms with Crippen molar-refractivity contribution in [1.82, 2.24) is 4.90 Å². The van der Waals surface area contributed by atoms with Crippen molar-refractivity contribution in [2.45, 2.75) is 117 Å². The molecule has 50 heavy (non-hydrogen) atoms. The summed E-state index contributed by atoms with van der Waals surface area (Å²) in [5.41, 5.74) is 14.7. The Balaban J connectivity index is 1.45. The number of likely N-dealkylation sites (tertiary alicyclic amines) is 1. The van der Waals surface area contributed by atoms with Crippen molar-refractivity contribution in [2.24, 2.45) is 11.8 Å². The molecule has 2 aromatic carbocycles. The number of aryl methyl sites for hydroxylation is 1. The summed E-state index contributed by atoms with van der Waals surface area (Å²) in [4.78, 5) is 33.0. The van der Waals surface area contributed by atoms with Gasteiger partial charge >= 0.3 is 0 Å². The first kappa shape index (κ1) is 35.0. The predicted molar refractivity (Wildman–Crippen MR) is 206 cm³/mol. The molecule has 5 aliphatic rings. The van der Waals surface area contributed by atoms with Gasteiger partial charge in [-0.15, -0.1) is 0 Å². The zero-order chi connectivity index (χ0) is 35.7. The Labute approximate surface area is 301 Å². The minimum atomic E-state index is -0.177. The fourth-order valence-corrected chi connectivity index (χ4v) is 10.6. The summed E-state index contributed by atoms with van der Waals surface area (Å²) in [6.45, 7) is 22.5. The first-order chi connectivity index (χ1) is 23.8. The first-order valence-electron chi connectivity index (χ1n) is 19.6. The molecule has 0 bridgehead atoms. The molecule has 2 aromatic rings. The number of carbonyl (C=O) groups is 2. The van der Waals surface area contributed by atoms with E-state index in [0.29, 0.717) is 31.3 Å². The molecule has 5 heteroatoms. The third-order valence-electron chi connectivity index (χ3n) is 13.0. The second-order valence-electron chi connectivity index (χ2n) is 17.5. The van der Waals surface area contributed by atoms with Gasteiger partial charge in [0.2, 0.25) is 0 Å². The second kappa shape index (κ2) is 13.0. The van der Waals surface area contributed by atoms with Crippen molar-refractivity contribution in [1.29, 1.82) is 0 Å². The molecule has 1 saturated heterocycles. The average Bonchev–Trinajstić information content (AvgIpc) is 3.07. The first-order valence-corrected chi connectivity index (χ1v) is 19.6. The molecule has 0 radical (unpaired) electrons. The number of fused-ring (bicyclic) bond motifs is 4. The van der Waals surface area contributed by atoms with E-state index in [2.05, 4.69) is 76.8 Å². The van der Waals surface area contributed by atoms with E-state index in [0.717, 1.165) is 50.0 Å². The molecule has 1 amide bonds. The van der Waals surface area contributed by atoms with Crippen LogP contribution >= 0.6 is 0 Å². The van der Waals surface area contributed by atoms with Crippen molar-refractivity contribution >= 4 is 23.0 Å². The van der Waals surface area contributed by atoms with Crippen molar-refractivity contribution in [3.8, 4) is 0 Å². The molecule has 3 atom stereocenters. The van der Waals surface area contributed by atoms with Crippen LogP contribution in [0.2, 0.25) is 0 Å². The number of carbonyl (C=O) groups excluding carboxylic acids is 2. The lowest BCUT2D eigenvalue weighted by atomic mass is 9.59. The largest absolute Gasteiger partial charge is 0.371 e. The topological polar surface area (TPSA) is 45.1 Å². The second-order valence-corrected chi connectivity index (χ2v) is 17.5. The van der Waals surface area contributed by atoms with Gasteiger partial charge in [-0.3, -0.25) is 9.59 Å². The van der Waals surface area contributed by atoms with Crippen molar-refractivity contribution < 1.29 is 14.5 Å². The van der Waals surface area contributed by atoms with Crippen LogP contribution in [-0.4, -0.2) is 61.4 Å². The van der Waals surface area contributed by atoms with E-state index >= 15 is 0 Å². The van der Waals surface area contributed by atoms with E-state index in [9.17, 15) is 9.59 Å². The molecule has 7 rings (SSSR count). The van der Waals surface area contributed by atoms with Crippen LogP contribution in [0, 0.1) is 11.8 Å². The number of likely N-dealkylation sites (N-methyl/N-ethyl adjacent to an activating group) is 1. The molecule has 1 fully saturated rings. The highest BCUT2D eigenvalue weighted by molar-refractivity contribution is 6.04. The van der Waals surface area contributed by atoms with E-state index in [1.807, 2.05) is 37.9 Å². The number of rotatable bonds is 8. The summed E-state index contributed by atoms with van der Waals surface area (Å²) in [6, 6.07) is 11.2. The Kier molecular flexibility index (Phi) is 9.07. The molecule has 5 nitrogen and oxygen atoms in total. The van der Waals surface area contributed by atoms with Gasteiger partial charge in [-0.1, -0.05) is 52.8 Å². The number of benzene rings is 2. The highest BCUT2D eigenvalue weighted by Crippen LogP contribution is 2.56. The third kappa shape index (κ3) is 5.63. The molecule has 2 aliphatic carbocycles. The van der Waals surface area contributed by atoms with Crippen LogP contribution in [-0.2, 0) is 23.1 Å². The molecule has 3 unspecified atom stereocenters. The van der Waals surface area contributed by atoms with Crippen LogP contribution in [0.15, 0.2) is 59.2 Å². The Morgan fingerprint density at radius 2 is 1.76 bits per heavy atom. The maximum Gasteiger partial charge on any atom is 0.254 e. The molecular formula is C45H60N3O2+. The van der Waals surface area contributed by atoms with E-state index in [1.54, 1.807) is 10.5 Å². The smallest absolute Gasteiger partial charge is 0.254 e. The predicted octanol–water partition coefficient (Wildman–Crippen LogP) is 7.51. The van der Waals surface area contributed by atoms with Crippen LogP contribution in [0.25, 0.3) is 5.57 Å². The molecule has 266 valence electrons. The number of ketones is 1. The van der Waals surface area contributed by atoms with Gasteiger partial charge in [0.05, 0.1) is 12.1 Å². The van der Waals surface area contributed by atoms with Gasteiger partial charge in [0.1, 0.15) is 11.8 Å². The normalized spacial score (nSPS) is 24.4. The van der Waals surface area contributed by atoms with Gasteiger partial charge in [0, 0.05) is 62.1 Å². The zero-order valence-electron chi connectivity index (χ0n) is 32.3. The van der Waals surface area contributed by atoms with Crippen molar-refractivity contribution in [2.75, 3.05) is 38.1 Å². The summed E-state index contributed by atoms with van der Waals surface area (Å²) in [5, 5.41) is 0. The third-order valence-corrected chi connectivity index (χ3v) is 13.0. The van der Waals surface area contributed by atoms with E-state index in [4.69, 9.17) is 0 Å². The Morgan fingerprint density at radius 3 is 2.48 bits per heavy atom. The fourth-order valence-electron chi connectivity index (χ4n) is 10.6. The lowest BCUT2D eigenvalue weighted by Crippen LogP contribution is -3.23. The number of anilines is 1. The number of hydrogen-bond acceptors (Lipinski definition) is 3. The van der Waals surface area contributed by atoms with Crippen LogP contribution in [0.4, 0.5) is 5.69 Å². The lowest BCUT2D eigenvalue weighted by Gasteiger charge is -2.51. The Morgan fingerprint density at radius 1 is 1.04 bits per heavy atom. The van der Waals surface area contributed by atoms with Gasteiger partial charge in [0.25, 0.3) is 5.91 Å². The van der Waals surface area contributed by atoms with Crippen LogP contribution in [0.3, 0.4) is 0 Å². The number of amides is 1. The number of hydrogen-bond donors (Lipinski definition) is 1. The highest BCUT2D eigenvalue weighted by atomic mass is 16.2. The summed E-state index contributed by atoms with van der Waals surface area (Å²) >= 11 is 0. The van der Waals surface area contributed by atoms with Gasteiger partial charge in [-0.05, 0) is 133 Å². The zero-order valence-corrected chi connectivity index (χ0v) is 32.3. The van der Waals surface area contributed by atoms with Gasteiger partial charge in [0.15, 0.2) is 0 Å². The maximum absolute atomic E-state index is 14.4. The number of quaternary nitrogens is 1. The van der Waals surface area contributed by atoms with E-state index < -0.39 is 0 Å². The summed E-state index contributed by atoms with van der Waals surface area (Å²) < 4.78 is 0. The number of piperidine rings is 1. The lowest BCUT2D eigenvalue weighted by molar-refractivity contribution is -0.964. The quantitative estimate of drug-likeness (QED) is 0.315. The van der Waals surface area contributed by atoms with Crippen LogP contribution in [0.1, 0.15) is 126 Å².